The summed E-state index contributed by atoms with van der Waals surface area (Å²) in [5, 5.41) is 50.1. The van der Waals surface area contributed by atoms with Crippen LogP contribution in [0.3, 0.4) is 0 Å². The summed E-state index contributed by atoms with van der Waals surface area (Å²) in [6.07, 6.45) is 25.8. The Kier molecular flexibility index (Phi) is 34.9. The van der Waals surface area contributed by atoms with Gasteiger partial charge in [-0.05, 0) is 38.5 Å². The average molecular weight is 879 g/mol. The van der Waals surface area contributed by atoms with Gasteiger partial charge < -0.3 is 39.9 Å². The van der Waals surface area contributed by atoms with Gasteiger partial charge in [0.2, 0.25) is 0 Å². The van der Waals surface area contributed by atoms with Crippen molar-refractivity contribution in [2.24, 2.45) is 0 Å². The van der Waals surface area contributed by atoms with E-state index in [0.29, 0.717) is 12.8 Å². The standard InChI is InChI=1S/C46H87O13P/c1-3-5-7-9-11-13-14-15-16-17-18-19-20-21-22-23-24-25-26-27-29-31-33-35-40(48)58-38(36-56-39(47)34-32-30-28-12-10-8-6-4-2)37-57-60(54,55)59-46-44(52)42(50)41(49)43(51)45(46)53/h17-18,38,41-46,49-53H,3-16,19-37H2,1-2H3,(H,54,55)/b18-17-. The van der Waals surface area contributed by atoms with Gasteiger partial charge in [0.15, 0.2) is 6.10 Å². The second kappa shape index (κ2) is 37.0. The topological polar surface area (TPSA) is 210 Å². The van der Waals surface area contributed by atoms with Gasteiger partial charge in [-0.3, -0.25) is 18.6 Å². The van der Waals surface area contributed by atoms with Crippen LogP contribution in [-0.2, 0) is 32.7 Å². The molecule has 0 bridgehead atoms. The number of carbonyl (C=O) groups excluding carboxylic acids is 2. The Morgan fingerprint density at radius 1 is 0.500 bits per heavy atom. The van der Waals surface area contributed by atoms with Crippen molar-refractivity contribution < 1.29 is 63.1 Å². The van der Waals surface area contributed by atoms with Gasteiger partial charge in [0.05, 0.1) is 6.61 Å². The number of allylic oxidation sites excluding steroid dienone is 2. The van der Waals surface area contributed by atoms with Crippen LogP contribution in [0, 0.1) is 0 Å². The van der Waals surface area contributed by atoms with Crippen LogP contribution in [-0.4, -0.2) is 98.3 Å². The van der Waals surface area contributed by atoms with Crippen molar-refractivity contribution in [2.45, 2.75) is 256 Å². The van der Waals surface area contributed by atoms with Crippen LogP contribution in [0.2, 0.25) is 0 Å². The highest BCUT2D eigenvalue weighted by molar-refractivity contribution is 7.47. The number of phosphoric acid groups is 1. The summed E-state index contributed by atoms with van der Waals surface area (Å²) in [5.41, 5.74) is 0. The third-order valence-corrected chi connectivity index (χ3v) is 12.3. The first kappa shape index (κ1) is 56.6. The molecule has 0 spiro atoms. The lowest BCUT2D eigenvalue weighted by atomic mass is 9.85. The molecule has 0 aromatic heterocycles. The molecule has 6 atom stereocenters. The highest BCUT2D eigenvalue weighted by Gasteiger charge is 2.51. The number of esters is 2. The van der Waals surface area contributed by atoms with E-state index in [0.717, 1.165) is 44.9 Å². The molecule has 1 saturated carbocycles. The van der Waals surface area contributed by atoms with Crippen LogP contribution in [0.15, 0.2) is 12.2 Å². The molecule has 0 saturated heterocycles. The summed E-state index contributed by atoms with van der Waals surface area (Å²) in [6, 6.07) is 0. The average Bonchev–Trinajstić information content (AvgIpc) is 3.23. The van der Waals surface area contributed by atoms with E-state index < -0.39 is 75.7 Å². The summed E-state index contributed by atoms with van der Waals surface area (Å²) >= 11 is 0. The molecule has 14 heteroatoms. The molecular weight excluding hydrogens is 791 g/mol. The quantitative estimate of drug-likeness (QED) is 0.0147. The molecule has 0 heterocycles. The molecule has 0 aromatic rings. The Morgan fingerprint density at radius 3 is 1.27 bits per heavy atom. The first-order valence-corrected chi connectivity index (χ1v) is 25.5. The van der Waals surface area contributed by atoms with Crippen LogP contribution < -0.4 is 0 Å². The van der Waals surface area contributed by atoms with Gasteiger partial charge >= 0.3 is 19.8 Å². The predicted molar refractivity (Wildman–Crippen MR) is 235 cm³/mol. The monoisotopic (exact) mass is 879 g/mol. The summed E-state index contributed by atoms with van der Waals surface area (Å²) in [5.74, 6) is -1.10. The minimum atomic E-state index is -5.11. The number of phosphoric ester groups is 1. The minimum Gasteiger partial charge on any atom is -0.462 e. The minimum absolute atomic E-state index is 0.100. The molecule has 0 amide bonds. The summed E-state index contributed by atoms with van der Waals surface area (Å²) in [7, 11) is -5.11. The van der Waals surface area contributed by atoms with Crippen molar-refractivity contribution in [3.05, 3.63) is 12.2 Å². The van der Waals surface area contributed by atoms with Crippen LogP contribution in [0.25, 0.3) is 0 Å². The molecule has 6 unspecified atom stereocenters. The number of aliphatic hydroxyl groups excluding tert-OH is 5. The van der Waals surface area contributed by atoms with Crippen LogP contribution >= 0.6 is 7.82 Å². The Hall–Kier alpha value is -1.41. The Labute approximate surface area is 363 Å². The smallest absolute Gasteiger partial charge is 0.462 e. The fourth-order valence-electron chi connectivity index (χ4n) is 7.46. The Morgan fingerprint density at radius 2 is 0.850 bits per heavy atom. The van der Waals surface area contributed by atoms with E-state index in [4.69, 9.17) is 18.5 Å². The van der Waals surface area contributed by atoms with E-state index in [1.807, 2.05) is 0 Å². The third-order valence-electron chi connectivity index (χ3n) is 11.4. The van der Waals surface area contributed by atoms with Gasteiger partial charge in [-0.25, -0.2) is 4.57 Å². The summed E-state index contributed by atoms with van der Waals surface area (Å²) in [6.45, 7) is 3.27. The molecule has 1 rings (SSSR count). The molecule has 1 aliphatic carbocycles. The van der Waals surface area contributed by atoms with Crippen molar-refractivity contribution in [3.8, 4) is 0 Å². The van der Waals surface area contributed by atoms with E-state index in [1.54, 1.807) is 0 Å². The van der Waals surface area contributed by atoms with Gasteiger partial charge in [-0.1, -0.05) is 174 Å². The number of ether oxygens (including phenoxy) is 2. The number of unbranched alkanes of at least 4 members (excludes halogenated alkanes) is 26. The number of carbonyl (C=O) groups is 2. The zero-order valence-corrected chi connectivity index (χ0v) is 38.4. The molecule has 13 nitrogen and oxygen atoms in total. The first-order valence-electron chi connectivity index (χ1n) is 24.0. The largest absolute Gasteiger partial charge is 0.472 e. The zero-order valence-electron chi connectivity index (χ0n) is 37.5. The fraction of sp³-hybridized carbons (Fsp3) is 0.913. The lowest BCUT2D eigenvalue weighted by Crippen LogP contribution is -2.64. The van der Waals surface area contributed by atoms with Gasteiger partial charge in [-0.15, -0.1) is 0 Å². The fourth-order valence-corrected chi connectivity index (χ4v) is 8.43. The maximum Gasteiger partial charge on any atom is 0.472 e. The molecule has 1 aliphatic rings. The Balaban J connectivity index is 2.33. The first-order chi connectivity index (χ1) is 28.9. The lowest BCUT2D eigenvalue weighted by Gasteiger charge is -2.41. The van der Waals surface area contributed by atoms with E-state index in [-0.39, 0.29) is 12.8 Å². The molecular formula is C46H87O13P. The summed E-state index contributed by atoms with van der Waals surface area (Å²) in [4.78, 5) is 35.6. The third kappa shape index (κ3) is 29.0. The van der Waals surface area contributed by atoms with Crippen molar-refractivity contribution in [1.29, 1.82) is 0 Å². The maximum absolute atomic E-state index is 12.8. The Bertz CT molecular complexity index is 1110. The van der Waals surface area contributed by atoms with Gasteiger partial charge in [0.25, 0.3) is 0 Å². The lowest BCUT2D eigenvalue weighted by molar-refractivity contribution is -0.220. The molecule has 0 radical (unpaired) electrons. The predicted octanol–water partition coefficient (Wildman–Crippen LogP) is 9.45. The number of hydrogen-bond donors (Lipinski definition) is 6. The van der Waals surface area contributed by atoms with Gasteiger partial charge in [0, 0.05) is 12.8 Å². The number of rotatable bonds is 40. The number of aliphatic hydroxyl groups is 5. The molecule has 1 fully saturated rings. The SMILES string of the molecule is CCCCCCCCCC/C=C\CCCCCCCCCCCCCC(=O)OC(COC(=O)CCCCCCCCCC)COP(=O)(O)OC1C(O)C(O)C(O)C(O)C1O. The van der Waals surface area contributed by atoms with Crippen molar-refractivity contribution in [2.75, 3.05) is 13.2 Å². The van der Waals surface area contributed by atoms with E-state index in [1.165, 1.54) is 128 Å². The molecule has 6 N–H and O–H groups in total. The highest BCUT2D eigenvalue weighted by Crippen LogP contribution is 2.47. The zero-order chi connectivity index (χ0) is 44.3. The second-order valence-corrected chi connectivity index (χ2v) is 18.4. The molecule has 0 aliphatic heterocycles. The van der Waals surface area contributed by atoms with Crippen molar-refractivity contribution in [3.63, 3.8) is 0 Å². The molecule has 354 valence electrons. The molecule has 60 heavy (non-hydrogen) atoms. The number of hydrogen-bond acceptors (Lipinski definition) is 12. The second-order valence-electron chi connectivity index (χ2n) is 17.0. The maximum atomic E-state index is 12.8. The van der Waals surface area contributed by atoms with E-state index in [2.05, 4.69) is 26.0 Å². The van der Waals surface area contributed by atoms with Gasteiger partial charge in [0.1, 0.15) is 43.2 Å². The highest BCUT2D eigenvalue weighted by atomic mass is 31.2. The normalized spacial score (nSPS) is 22.2. The van der Waals surface area contributed by atoms with Crippen molar-refractivity contribution >= 4 is 19.8 Å². The van der Waals surface area contributed by atoms with Gasteiger partial charge in [-0.2, -0.15) is 0 Å². The van der Waals surface area contributed by atoms with Crippen molar-refractivity contribution in [1.82, 2.24) is 0 Å². The molecule has 0 aromatic carbocycles. The summed E-state index contributed by atoms with van der Waals surface area (Å²) < 4.78 is 33.4. The van der Waals surface area contributed by atoms with E-state index in [9.17, 15) is 44.6 Å². The van der Waals surface area contributed by atoms with E-state index >= 15 is 0 Å². The van der Waals surface area contributed by atoms with Crippen LogP contribution in [0.4, 0.5) is 0 Å². The van der Waals surface area contributed by atoms with Crippen LogP contribution in [0.5, 0.6) is 0 Å². The van der Waals surface area contributed by atoms with Crippen LogP contribution in [0.1, 0.15) is 213 Å².